The van der Waals surface area contributed by atoms with Crippen LogP contribution >= 0.6 is 24.0 Å². The molecule has 1 aliphatic rings. The minimum absolute atomic E-state index is 0. The van der Waals surface area contributed by atoms with E-state index in [9.17, 15) is 14.9 Å². The van der Waals surface area contributed by atoms with Crippen molar-refractivity contribution in [1.29, 1.82) is 0 Å². The van der Waals surface area contributed by atoms with E-state index in [2.05, 4.69) is 5.32 Å². The number of nitrogens with one attached hydrogen (secondary N) is 1. The van der Waals surface area contributed by atoms with Crippen LogP contribution in [0.4, 0.5) is 5.69 Å². The summed E-state index contributed by atoms with van der Waals surface area (Å²) in [7, 11) is 1.89. The van der Waals surface area contributed by atoms with Crippen LogP contribution in [0.25, 0.3) is 0 Å². The first kappa shape index (κ1) is 17.7. The minimum atomic E-state index is -0.552. The highest BCUT2D eigenvalue weighted by Gasteiger charge is 2.27. The Balaban J connectivity index is 0.00000220. The summed E-state index contributed by atoms with van der Waals surface area (Å²) in [6.45, 7) is 1.18. The normalized spacial score (nSPS) is 15.4. The van der Waals surface area contributed by atoms with Crippen molar-refractivity contribution in [2.24, 2.45) is 0 Å². The van der Waals surface area contributed by atoms with Crippen LogP contribution < -0.4 is 5.32 Å². The average Bonchev–Trinajstić information content (AvgIpc) is 2.46. The van der Waals surface area contributed by atoms with Gasteiger partial charge in [-0.15, -0.1) is 12.4 Å². The Hall–Kier alpha value is -1.37. The Labute approximate surface area is 134 Å². The van der Waals surface area contributed by atoms with Crippen LogP contribution in [-0.4, -0.2) is 41.9 Å². The summed E-state index contributed by atoms with van der Waals surface area (Å²) in [6.07, 6.45) is 1.69. The fourth-order valence-electron chi connectivity index (χ4n) is 2.38. The molecular weight excluding hydrogens is 317 g/mol. The third-order valence-corrected chi connectivity index (χ3v) is 3.81. The molecule has 0 unspecified atom stereocenters. The zero-order chi connectivity index (χ0) is 14.7. The van der Waals surface area contributed by atoms with E-state index in [0.717, 1.165) is 12.8 Å². The van der Waals surface area contributed by atoms with Gasteiger partial charge in [-0.3, -0.25) is 14.9 Å². The van der Waals surface area contributed by atoms with Crippen molar-refractivity contribution in [3.8, 4) is 0 Å². The van der Waals surface area contributed by atoms with Crippen molar-refractivity contribution in [3.05, 3.63) is 38.9 Å². The van der Waals surface area contributed by atoms with Crippen molar-refractivity contribution in [2.45, 2.75) is 18.9 Å². The second-order valence-electron chi connectivity index (χ2n) is 4.77. The molecule has 0 spiro atoms. The van der Waals surface area contributed by atoms with Gasteiger partial charge in [0, 0.05) is 30.2 Å². The molecule has 0 atom stereocenters. The van der Waals surface area contributed by atoms with Gasteiger partial charge in [0.25, 0.3) is 11.6 Å². The molecule has 21 heavy (non-hydrogen) atoms. The molecule has 2 rings (SSSR count). The first-order valence-electron chi connectivity index (χ1n) is 6.43. The van der Waals surface area contributed by atoms with Crippen LogP contribution in [0.1, 0.15) is 23.2 Å². The molecule has 1 heterocycles. The highest BCUT2D eigenvalue weighted by Crippen LogP contribution is 2.25. The fourth-order valence-corrected chi connectivity index (χ4v) is 2.55. The van der Waals surface area contributed by atoms with E-state index in [1.54, 1.807) is 4.90 Å². The third kappa shape index (κ3) is 4.06. The number of hydrogen-bond donors (Lipinski definition) is 1. The van der Waals surface area contributed by atoms with Gasteiger partial charge in [-0.1, -0.05) is 11.6 Å². The molecule has 1 aliphatic heterocycles. The van der Waals surface area contributed by atoms with Gasteiger partial charge in [-0.25, -0.2) is 0 Å². The molecule has 1 saturated heterocycles. The monoisotopic (exact) mass is 333 g/mol. The number of halogens is 2. The summed E-state index contributed by atoms with van der Waals surface area (Å²) in [5.41, 5.74) is -0.138. The van der Waals surface area contributed by atoms with Crippen LogP contribution in [-0.2, 0) is 0 Å². The van der Waals surface area contributed by atoms with Crippen LogP contribution in [0.3, 0.4) is 0 Å². The number of nitro groups is 1. The summed E-state index contributed by atoms with van der Waals surface area (Å²) in [4.78, 5) is 24.5. The van der Waals surface area contributed by atoms with Gasteiger partial charge in [0.15, 0.2) is 0 Å². The molecule has 6 nitrogen and oxygen atoms in total. The summed E-state index contributed by atoms with van der Waals surface area (Å²) in [5.74, 6) is -0.325. The van der Waals surface area contributed by atoms with E-state index < -0.39 is 4.92 Å². The van der Waals surface area contributed by atoms with Gasteiger partial charge in [-0.2, -0.15) is 0 Å². The van der Waals surface area contributed by atoms with E-state index in [-0.39, 0.29) is 29.6 Å². The molecule has 1 amide bonds. The highest BCUT2D eigenvalue weighted by molar-refractivity contribution is 6.31. The molecular formula is C13H17Cl2N3O3. The number of likely N-dealkylation sites (tertiary alicyclic amines) is 1. The lowest BCUT2D eigenvalue weighted by Gasteiger charge is -2.31. The van der Waals surface area contributed by atoms with Crippen LogP contribution in [0.15, 0.2) is 18.2 Å². The first-order valence-corrected chi connectivity index (χ1v) is 6.81. The predicted molar refractivity (Wildman–Crippen MR) is 83.3 cm³/mol. The number of benzene rings is 1. The standard InChI is InChI=1S/C13H16ClN3O3.ClH/c1-15-10-4-6-16(7-5-10)13(18)11-8-9(14)2-3-12(11)17(19)20;/h2-3,8,10,15H,4-7H2,1H3;1H. The molecule has 8 heteroatoms. The quantitative estimate of drug-likeness (QED) is 0.681. The number of carbonyl (C=O) groups excluding carboxylic acids is 1. The zero-order valence-corrected chi connectivity index (χ0v) is 13.1. The Kier molecular flexibility index (Phi) is 6.39. The summed E-state index contributed by atoms with van der Waals surface area (Å²) in [5, 5.41) is 14.5. The Bertz CT molecular complexity index is 531. The summed E-state index contributed by atoms with van der Waals surface area (Å²) in [6, 6.07) is 4.46. The zero-order valence-electron chi connectivity index (χ0n) is 11.5. The number of carbonyl (C=O) groups is 1. The number of piperidine rings is 1. The maximum Gasteiger partial charge on any atom is 0.282 e. The van der Waals surface area contributed by atoms with Gasteiger partial charge < -0.3 is 10.2 Å². The SMILES string of the molecule is CNC1CCN(C(=O)c2cc(Cl)ccc2[N+](=O)[O-])CC1.Cl. The maximum atomic E-state index is 12.4. The third-order valence-electron chi connectivity index (χ3n) is 3.58. The molecule has 116 valence electrons. The molecule has 0 radical (unpaired) electrons. The fraction of sp³-hybridized carbons (Fsp3) is 0.462. The minimum Gasteiger partial charge on any atom is -0.338 e. The number of hydrogen-bond acceptors (Lipinski definition) is 4. The van der Waals surface area contributed by atoms with Crippen LogP contribution in [0, 0.1) is 10.1 Å². The van der Waals surface area contributed by atoms with E-state index in [0.29, 0.717) is 24.2 Å². The smallest absolute Gasteiger partial charge is 0.282 e. The van der Waals surface area contributed by atoms with Gasteiger partial charge in [0.05, 0.1) is 4.92 Å². The molecule has 1 fully saturated rings. The molecule has 0 aliphatic carbocycles. The maximum absolute atomic E-state index is 12.4. The van der Waals surface area contributed by atoms with Gasteiger partial charge in [0.1, 0.15) is 5.56 Å². The largest absolute Gasteiger partial charge is 0.338 e. The average molecular weight is 334 g/mol. The van der Waals surface area contributed by atoms with Gasteiger partial charge in [-0.05, 0) is 32.0 Å². The second-order valence-corrected chi connectivity index (χ2v) is 5.21. The lowest BCUT2D eigenvalue weighted by molar-refractivity contribution is -0.385. The molecule has 1 N–H and O–H groups in total. The lowest BCUT2D eigenvalue weighted by atomic mass is 10.0. The van der Waals surface area contributed by atoms with E-state index in [4.69, 9.17) is 11.6 Å². The summed E-state index contributed by atoms with van der Waals surface area (Å²) < 4.78 is 0. The van der Waals surface area contributed by atoms with Crippen molar-refractivity contribution in [1.82, 2.24) is 10.2 Å². The number of amides is 1. The second kappa shape index (κ2) is 7.59. The molecule has 1 aromatic carbocycles. The highest BCUT2D eigenvalue weighted by atomic mass is 35.5. The van der Waals surface area contributed by atoms with Crippen molar-refractivity contribution < 1.29 is 9.72 Å². The number of nitrogens with zero attached hydrogens (tertiary/aromatic N) is 2. The molecule has 0 saturated carbocycles. The van der Waals surface area contributed by atoms with E-state index >= 15 is 0 Å². The molecule has 0 aromatic heterocycles. The number of rotatable bonds is 3. The van der Waals surface area contributed by atoms with E-state index in [1.165, 1.54) is 18.2 Å². The Morgan fingerprint density at radius 2 is 2.05 bits per heavy atom. The lowest BCUT2D eigenvalue weighted by Crippen LogP contribution is -2.44. The Morgan fingerprint density at radius 3 is 2.57 bits per heavy atom. The van der Waals surface area contributed by atoms with E-state index in [1.807, 2.05) is 7.05 Å². The van der Waals surface area contributed by atoms with Crippen molar-refractivity contribution in [2.75, 3.05) is 20.1 Å². The molecule has 1 aromatic rings. The van der Waals surface area contributed by atoms with Crippen molar-refractivity contribution in [3.63, 3.8) is 0 Å². The van der Waals surface area contributed by atoms with Gasteiger partial charge in [0.2, 0.25) is 0 Å². The topological polar surface area (TPSA) is 75.5 Å². The molecule has 0 bridgehead atoms. The Morgan fingerprint density at radius 1 is 1.43 bits per heavy atom. The van der Waals surface area contributed by atoms with Crippen LogP contribution in [0.2, 0.25) is 5.02 Å². The van der Waals surface area contributed by atoms with Crippen molar-refractivity contribution >= 4 is 35.6 Å². The van der Waals surface area contributed by atoms with Gasteiger partial charge >= 0.3 is 0 Å². The number of nitro benzene ring substituents is 1. The summed E-state index contributed by atoms with van der Waals surface area (Å²) >= 11 is 5.85. The predicted octanol–water partition coefficient (Wildman–Crippen LogP) is 2.49. The first-order chi connectivity index (χ1) is 9.52. The van der Waals surface area contributed by atoms with Crippen LogP contribution in [0.5, 0.6) is 0 Å².